The Morgan fingerprint density at radius 2 is 2.05 bits per heavy atom. The molecule has 1 aliphatic rings. The van der Waals surface area contributed by atoms with E-state index in [1.165, 1.54) is 18.9 Å². The Morgan fingerprint density at radius 1 is 1.25 bits per heavy atom. The highest BCUT2D eigenvalue weighted by molar-refractivity contribution is 5.65. The first-order chi connectivity index (χ1) is 9.75. The third kappa shape index (κ3) is 2.80. The summed E-state index contributed by atoms with van der Waals surface area (Å²) in [6.07, 6.45) is 6.09. The second kappa shape index (κ2) is 5.59. The van der Waals surface area contributed by atoms with Gasteiger partial charge in [0.25, 0.3) is 0 Å². The molecular formula is C16H18FN3. The molecule has 1 fully saturated rings. The maximum atomic E-state index is 13.9. The first-order valence-corrected chi connectivity index (χ1v) is 6.90. The van der Waals surface area contributed by atoms with Crippen LogP contribution in [0.1, 0.15) is 18.4 Å². The summed E-state index contributed by atoms with van der Waals surface area (Å²) in [6.45, 7) is 0.770. The lowest BCUT2D eigenvalue weighted by atomic mass is 10.2. The zero-order chi connectivity index (χ0) is 13.9. The Labute approximate surface area is 118 Å². The Kier molecular flexibility index (Phi) is 3.65. The lowest BCUT2D eigenvalue weighted by Gasteiger charge is -2.23. The Morgan fingerprint density at radius 3 is 2.80 bits per heavy atom. The molecule has 0 unspecified atom stereocenters. The number of nitrogens with one attached hydrogen (secondary N) is 1. The molecule has 1 aromatic carbocycles. The minimum absolute atomic E-state index is 0.215. The number of anilines is 2. The summed E-state index contributed by atoms with van der Waals surface area (Å²) in [5.74, 6) is -0.215. The van der Waals surface area contributed by atoms with Gasteiger partial charge in [0, 0.05) is 43.3 Å². The predicted molar refractivity (Wildman–Crippen MR) is 78.6 cm³/mol. The maximum Gasteiger partial charge on any atom is 0.146 e. The summed E-state index contributed by atoms with van der Waals surface area (Å²) < 4.78 is 13.9. The number of halogens is 1. The van der Waals surface area contributed by atoms with Gasteiger partial charge in [-0.3, -0.25) is 4.98 Å². The molecule has 0 radical (unpaired) electrons. The lowest BCUT2D eigenvalue weighted by Crippen LogP contribution is -2.19. The molecule has 20 heavy (non-hydrogen) atoms. The van der Waals surface area contributed by atoms with E-state index in [0.717, 1.165) is 17.8 Å². The number of hydrogen-bond acceptors (Lipinski definition) is 3. The van der Waals surface area contributed by atoms with E-state index in [0.29, 0.717) is 11.7 Å². The Bertz CT molecular complexity index is 596. The third-order valence-corrected chi connectivity index (χ3v) is 3.61. The number of aromatic nitrogens is 1. The maximum absolute atomic E-state index is 13.9. The minimum atomic E-state index is -0.215. The molecule has 0 spiro atoms. The molecule has 1 saturated carbocycles. The standard InChI is InChI=1S/C16H18FN3/c1-20(16-5-3-2-4-14(16)17)15-8-9-18-10-12(15)11-19-13-6-7-13/h2-5,8-10,13,19H,6-7,11H2,1H3. The number of hydrogen-bond donors (Lipinski definition) is 1. The van der Waals surface area contributed by atoms with Crippen LogP contribution in [0.3, 0.4) is 0 Å². The fourth-order valence-electron chi connectivity index (χ4n) is 2.28. The van der Waals surface area contributed by atoms with E-state index in [-0.39, 0.29) is 5.82 Å². The Balaban J connectivity index is 1.86. The number of rotatable bonds is 5. The fraction of sp³-hybridized carbons (Fsp3) is 0.312. The van der Waals surface area contributed by atoms with Gasteiger partial charge in [-0.15, -0.1) is 0 Å². The molecule has 0 aliphatic heterocycles. The van der Waals surface area contributed by atoms with Crippen LogP contribution in [0.4, 0.5) is 15.8 Å². The van der Waals surface area contributed by atoms with E-state index >= 15 is 0 Å². The molecule has 3 nitrogen and oxygen atoms in total. The van der Waals surface area contributed by atoms with Crippen molar-refractivity contribution in [2.45, 2.75) is 25.4 Å². The van der Waals surface area contributed by atoms with Crippen molar-refractivity contribution in [2.75, 3.05) is 11.9 Å². The highest BCUT2D eigenvalue weighted by Gasteiger charge is 2.21. The van der Waals surface area contributed by atoms with Crippen molar-refractivity contribution in [1.82, 2.24) is 10.3 Å². The highest BCUT2D eigenvalue weighted by atomic mass is 19.1. The van der Waals surface area contributed by atoms with Crippen LogP contribution in [0.5, 0.6) is 0 Å². The van der Waals surface area contributed by atoms with Gasteiger partial charge >= 0.3 is 0 Å². The first kappa shape index (κ1) is 13.1. The molecule has 1 heterocycles. The molecule has 104 valence electrons. The first-order valence-electron chi connectivity index (χ1n) is 6.90. The summed E-state index contributed by atoms with van der Waals surface area (Å²) in [4.78, 5) is 6.06. The second-order valence-electron chi connectivity index (χ2n) is 5.17. The molecule has 0 bridgehead atoms. The molecule has 0 amide bonds. The van der Waals surface area contributed by atoms with Gasteiger partial charge in [0.05, 0.1) is 5.69 Å². The van der Waals surface area contributed by atoms with Gasteiger partial charge in [0.1, 0.15) is 5.82 Å². The van der Waals surface area contributed by atoms with Crippen molar-refractivity contribution in [3.63, 3.8) is 0 Å². The number of para-hydroxylation sites is 1. The number of pyridine rings is 1. The number of benzene rings is 1. The zero-order valence-corrected chi connectivity index (χ0v) is 11.5. The Hall–Kier alpha value is -1.94. The average Bonchev–Trinajstić information content (AvgIpc) is 3.29. The topological polar surface area (TPSA) is 28.2 Å². The monoisotopic (exact) mass is 271 g/mol. The highest BCUT2D eigenvalue weighted by Crippen LogP contribution is 2.29. The quantitative estimate of drug-likeness (QED) is 0.905. The van der Waals surface area contributed by atoms with Crippen LogP contribution < -0.4 is 10.2 Å². The molecule has 1 aliphatic carbocycles. The van der Waals surface area contributed by atoms with Gasteiger partial charge in [-0.25, -0.2) is 4.39 Å². The predicted octanol–water partition coefficient (Wildman–Crippen LogP) is 3.24. The van der Waals surface area contributed by atoms with Crippen LogP contribution in [-0.4, -0.2) is 18.1 Å². The second-order valence-corrected chi connectivity index (χ2v) is 5.17. The zero-order valence-electron chi connectivity index (χ0n) is 11.5. The smallest absolute Gasteiger partial charge is 0.146 e. The fourth-order valence-corrected chi connectivity index (χ4v) is 2.28. The van der Waals surface area contributed by atoms with Gasteiger partial charge in [-0.05, 0) is 31.0 Å². The van der Waals surface area contributed by atoms with Crippen LogP contribution >= 0.6 is 0 Å². The minimum Gasteiger partial charge on any atom is -0.342 e. The van der Waals surface area contributed by atoms with Crippen molar-refractivity contribution in [1.29, 1.82) is 0 Å². The molecule has 0 atom stereocenters. The largest absolute Gasteiger partial charge is 0.342 e. The molecule has 3 rings (SSSR count). The average molecular weight is 271 g/mol. The molecule has 4 heteroatoms. The van der Waals surface area contributed by atoms with E-state index in [2.05, 4.69) is 10.3 Å². The van der Waals surface area contributed by atoms with Crippen molar-refractivity contribution in [3.05, 3.63) is 54.1 Å². The van der Waals surface area contributed by atoms with E-state index in [1.807, 2.05) is 30.3 Å². The van der Waals surface area contributed by atoms with Crippen LogP contribution in [-0.2, 0) is 6.54 Å². The van der Waals surface area contributed by atoms with Gasteiger partial charge in [0.2, 0.25) is 0 Å². The van der Waals surface area contributed by atoms with E-state index in [9.17, 15) is 4.39 Å². The normalized spacial score (nSPS) is 14.3. The van der Waals surface area contributed by atoms with E-state index in [1.54, 1.807) is 18.3 Å². The van der Waals surface area contributed by atoms with Crippen LogP contribution in [0.2, 0.25) is 0 Å². The molecular weight excluding hydrogens is 253 g/mol. The summed E-state index contributed by atoms with van der Waals surface area (Å²) in [6, 6.07) is 9.38. The molecule has 1 aromatic heterocycles. The summed E-state index contributed by atoms with van der Waals surface area (Å²) in [5, 5.41) is 3.47. The lowest BCUT2D eigenvalue weighted by molar-refractivity contribution is 0.627. The van der Waals surface area contributed by atoms with E-state index < -0.39 is 0 Å². The third-order valence-electron chi connectivity index (χ3n) is 3.61. The summed E-state index contributed by atoms with van der Waals surface area (Å²) in [5.41, 5.74) is 2.65. The molecule has 1 N–H and O–H groups in total. The van der Waals surface area contributed by atoms with Crippen molar-refractivity contribution >= 4 is 11.4 Å². The molecule has 0 saturated heterocycles. The van der Waals surface area contributed by atoms with Crippen molar-refractivity contribution < 1.29 is 4.39 Å². The molecule has 2 aromatic rings. The summed E-state index contributed by atoms with van der Waals surface area (Å²) >= 11 is 0. The van der Waals surface area contributed by atoms with Crippen LogP contribution in [0.15, 0.2) is 42.7 Å². The van der Waals surface area contributed by atoms with Crippen LogP contribution in [0, 0.1) is 5.82 Å². The van der Waals surface area contributed by atoms with Gasteiger partial charge in [0.15, 0.2) is 0 Å². The van der Waals surface area contributed by atoms with Crippen LogP contribution in [0.25, 0.3) is 0 Å². The van der Waals surface area contributed by atoms with Gasteiger partial charge < -0.3 is 10.2 Å². The number of nitrogens with zero attached hydrogens (tertiary/aromatic N) is 2. The van der Waals surface area contributed by atoms with Crippen molar-refractivity contribution in [3.8, 4) is 0 Å². The van der Waals surface area contributed by atoms with Gasteiger partial charge in [-0.1, -0.05) is 12.1 Å². The SMILES string of the molecule is CN(c1ccccc1F)c1ccncc1CNC1CC1. The van der Waals surface area contributed by atoms with Crippen molar-refractivity contribution in [2.24, 2.45) is 0 Å². The summed E-state index contributed by atoms with van der Waals surface area (Å²) in [7, 11) is 1.88. The van der Waals surface area contributed by atoms with E-state index in [4.69, 9.17) is 0 Å². The van der Waals surface area contributed by atoms with Gasteiger partial charge in [-0.2, -0.15) is 0 Å².